The Bertz CT molecular complexity index is 518. The fraction of sp³-hybridized carbons (Fsp3) is 0.533. The minimum Gasteiger partial charge on any atom is -0.384 e. The Kier molecular flexibility index (Phi) is 3.98. The lowest BCUT2D eigenvalue weighted by molar-refractivity contribution is -0.00868. The van der Waals surface area contributed by atoms with E-state index in [0.29, 0.717) is 12.1 Å². The van der Waals surface area contributed by atoms with Crippen molar-refractivity contribution < 1.29 is 4.74 Å². The van der Waals surface area contributed by atoms with Gasteiger partial charge in [-0.25, -0.2) is 0 Å². The molecule has 20 heavy (non-hydrogen) atoms. The van der Waals surface area contributed by atoms with Crippen LogP contribution in [0.2, 0.25) is 0 Å². The van der Waals surface area contributed by atoms with E-state index in [-0.39, 0.29) is 5.84 Å². The number of anilines is 1. The highest BCUT2D eigenvalue weighted by atomic mass is 79.9. The maximum absolute atomic E-state index is 7.55. The number of benzene rings is 1. The first kappa shape index (κ1) is 13.9. The van der Waals surface area contributed by atoms with Crippen LogP contribution < -0.4 is 10.6 Å². The highest BCUT2D eigenvalue weighted by molar-refractivity contribution is 9.10. The molecule has 0 aromatic heterocycles. The minimum atomic E-state index is 0.0981. The van der Waals surface area contributed by atoms with Crippen molar-refractivity contribution in [2.75, 3.05) is 18.1 Å². The highest BCUT2D eigenvalue weighted by Gasteiger charge is 2.34. The van der Waals surface area contributed by atoms with Crippen LogP contribution in [0.25, 0.3) is 0 Å². The molecule has 108 valence electrons. The molecule has 3 N–H and O–H groups in total. The zero-order valence-corrected chi connectivity index (χ0v) is 13.0. The number of nitrogens with zero attached hydrogens (tertiary/aromatic N) is 1. The first-order valence-electron chi connectivity index (χ1n) is 7.19. The Morgan fingerprint density at radius 1 is 1.35 bits per heavy atom. The molecule has 0 radical (unpaired) electrons. The minimum absolute atomic E-state index is 0.0981. The van der Waals surface area contributed by atoms with Crippen LogP contribution in [0, 0.1) is 5.41 Å². The van der Waals surface area contributed by atoms with Crippen LogP contribution in [0.5, 0.6) is 0 Å². The number of nitrogens with one attached hydrogen (secondary N) is 1. The standard InChI is InChI=1S/C15H20BrN3O/c16-12-9-10(5-6-11(12)15(17)18)19-7-8-20-14-4-2-1-3-13(14)19/h5-6,9,13-14H,1-4,7-8H2,(H3,17,18). The number of rotatable bonds is 2. The third kappa shape index (κ3) is 2.56. The molecule has 5 heteroatoms. The molecule has 1 heterocycles. The highest BCUT2D eigenvalue weighted by Crippen LogP contribution is 2.33. The van der Waals surface area contributed by atoms with E-state index in [1.807, 2.05) is 6.07 Å². The van der Waals surface area contributed by atoms with Gasteiger partial charge in [-0.3, -0.25) is 5.41 Å². The SMILES string of the molecule is N=C(N)c1ccc(N2CCOC3CCCCC32)cc1Br. The van der Waals surface area contributed by atoms with Crippen LogP contribution >= 0.6 is 15.9 Å². The van der Waals surface area contributed by atoms with Crippen LogP contribution in [0.4, 0.5) is 5.69 Å². The first-order valence-corrected chi connectivity index (χ1v) is 7.98. The molecule has 1 aliphatic carbocycles. The predicted molar refractivity (Wildman–Crippen MR) is 84.5 cm³/mol. The number of nitrogens with two attached hydrogens (primary N) is 1. The van der Waals surface area contributed by atoms with E-state index in [0.717, 1.165) is 23.2 Å². The van der Waals surface area contributed by atoms with Crippen molar-refractivity contribution in [1.29, 1.82) is 5.41 Å². The van der Waals surface area contributed by atoms with Crippen LogP contribution in [0.3, 0.4) is 0 Å². The summed E-state index contributed by atoms with van der Waals surface area (Å²) in [5, 5.41) is 7.55. The number of halogens is 1. The number of ether oxygens (including phenoxy) is 1. The van der Waals surface area contributed by atoms with Crippen molar-refractivity contribution in [3.05, 3.63) is 28.2 Å². The number of fused-ring (bicyclic) bond motifs is 1. The zero-order chi connectivity index (χ0) is 14.1. The van der Waals surface area contributed by atoms with Gasteiger partial charge in [0.25, 0.3) is 0 Å². The smallest absolute Gasteiger partial charge is 0.123 e. The molecule has 1 aromatic rings. The fourth-order valence-corrected chi connectivity index (χ4v) is 3.90. The van der Waals surface area contributed by atoms with Crippen LogP contribution in [-0.4, -0.2) is 31.1 Å². The molecule has 4 nitrogen and oxygen atoms in total. The van der Waals surface area contributed by atoms with Gasteiger partial charge in [0.05, 0.1) is 18.8 Å². The van der Waals surface area contributed by atoms with Crippen LogP contribution in [0.1, 0.15) is 31.2 Å². The summed E-state index contributed by atoms with van der Waals surface area (Å²) < 4.78 is 6.81. The Hall–Kier alpha value is -1.07. The molecule has 0 spiro atoms. The van der Waals surface area contributed by atoms with Gasteiger partial charge in [-0.05, 0) is 47.0 Å². The molecule has 2 atom stereocenters. The Balaban J connectivity index is 1.87. The molecular weight excluding hydrogens is 318 g/mol. The molecule has 1 saturated heterocycles. The van der Waals surface area contributed by atoms with Gasteiger partial charge in [-0.1, -0.05) is 12.8 Å². The van der Waals surface area contributed by atoms with E-state index in [2.05, 4.69) is 33.0 Å². The second-order valence-electron chi connectivity index (χ2n) is 5.53. The number of nitrogen functional groups attached to an aromatic ring is 1. The molecule has 3 rings (SSSR count). The summed E-state index contributed by atoms with van der Waals surface area (Å²) in [7, 11) is 0. The van der Waals surface area contributed by atoms with Crippen molar-refractivity contribution >= 4 is 27.5 Å². The lowest BCUT2D eigenvalue weighted by Gasteiger charge is -2.45. The van der Waals surface area contributed by atoms with Gasteiger partial charge in [0.1, 0.15) is 5.84 Å². The average molecular weight is 338 g/mol. The Morgan fingerprint density at radius 2 is 2.15 bits per heavy atom. The molecule has 2 fully saturated rings. The van der Waals surface area contributed by atoms with E-state index in [1.54, 1.807) is 0 Å². The largest absolute Gasteiger partial charge is 0.384 e. The summed E-state index contributed by atoms with van der Waals surface area (Å²) in [6.45, 7) is 1.74. The monoisotopic (exact) mass is 337 g/mol. The van der Waals surface area contributed by atoms with Gasteiger partial charge in [0.2, 0.25) is 0 Å². The fourth-order valence-electron chi connectivity index (χ4n) is 3.32. The van der Waals surface area contributed by atoms with Gasteiger partial charge >= 0.3 is 0 Å². The topological polar surface area (TPSA) is 62.3 Å². The van der Waals surface area contributed by atoms with Crippen molar-refractivity contribution in [3.8, 4) is 0 Å². The third-order valence-corrected chi connectivity index (χ3v) is 4.96. The quantitative estimate of drug-likeness (QED) is 0.644. The summed E-state index contributed by atoms with van der Waals surface area (Å²) in [5.74, 6) is 0.0981. The van der Waals surface area contributed by atoms with Gasteiger partial charge in [0.15, 0.2) is 0 Å². The van der Waals surface area contributed by atoms with E-state index in [9.17, 15) is 0 Å². The number of hydrogen-bond acceptors (Lipinski definition) is 3. The number of hydrogen-bond donors (Lipinski definition) is 2. The average Bonchev–Trinajstić information content (AvgIpc) is 2.46. The van der Waals surface area contributed by atoms with Crippen LogP contribution in [0.15, 0.2) is 22.7 Å². The van der Waals surface area contributed by atoms with E-state index in [1.165, 1.54) is 31.4 Å². The van der Waals surface area contributed by atoms with Crippen molar-refractivity contribution in [2.45, 2.75) is 37.8 Å². The maximum atomic E-state index is 7.55. The summed E-state index contributed by atoms with van der Waals surface area (Å²) in [6, 6.07) is 6.56. The van der Waals surface area contributed by atoms with E-state index < -0.39 is 0 Å². The van der Waals surface area contributed by atoms with Crippen molar-refractivity contribution in [2.24, 2.45) is 5.73 Å². The van der Waals surface area contributed by atoms with Crippen molar-refractivity contribution in [3.63, 3.8) is 0 Å². The third-order valence-electron chi connectivity index (χ3n) is 4.31. The maximum Gasteiger partial charge on any atom is 0.123 e. The summed E-state index contributed by atoms with van der Waals surface area (Å²) in [4.78, 5) is 2.46. The summed E-state index contributed by atoms with van der Waals surface area (Å²) in [5.41, 5.74) is 7.52. The second kappa shape index (κ2) is 5.74. The molecule has 0 bridgehead atoms. The molecule has 2 aliphatic rings. The Morgan fingerprint density at radius 3 is 2.90 bits per heavy atom. The molecular formula is C15H20BrN3O. The molecule has 1 saturated carbocycles. The van der Waals surface area contributed by atoms with Gasteiger partial charge in [-0.2, -0.15) is 0 Å². The summed E-state index contributed by atoms with van der Waals surface area (Å²) >= 11 is 3.52. The Labute approximate surface area is 127 Å². The summed E-state index contributed by atoms with van der Waals surface area (Å²) in [6.07, 6.45) is 5.32. The van der Waals surface area contributed by atoms with Gasteiger partial charge < -0.3 is 15.4 Å². The number of morpholine rings is 1. The van der Waals surface area contributed by atoms with E-state index >= 15 is 0 Å². The zero-order valence-electron chi connectivity index (χ0n) is 11.4. The molecule has 1 aliphatic heterocycles. The molecule has 0 amide bonds. The molecule has 2 unspecified atom stereocenters. The van der Waals surface area contributed by atoms with Crippen molar-refractivity contribution in [1.82, 2.24) is 0 Å². The normalized spacial score (nSPS) is 26.1. The lowest BCUT2D eigenvalue weighted by Crippen LogP contribution is -2.52. The van der Waals surface area contributed by atoms with Crippen LogP contribution in [-0.2, 0) is 4.74 Å². The predicted octanol–water partition coefficient (Wildman–Crippen LogP) is 2.88. The second-order valence-corrected chi connectivity index (χ2v) is 6.39. The first-order chi connectivity index (χ1) is 9.66. The number of amidine groups is 1. The van der Waals surface area contributed by atoms with E-state index in [4.69, 9.17) is 15.9 Å². The van der Waals surface area contributed by atoms with Gasteiger partial charge in [-0.15, -0.1) is 0 Å². The molecule has 1 aromatic carbocycles. The van der Waals surface area contributed by atoms with Gasteiger partial charge in [0, 0.05) is 22.3 Å². The lowest BCUT2D eigenvalue weighted by atomic mass is 9.89.